The standard InChI is InChI=1S/C25H25NO6S/c1-25(2,3)32-31-24(27)22-15-14-21(30-20-12-8-5-9-13-20)18-23(22)26(33(28)29)17-16-19-10-6-4-7-11-19/h4-18H,1-3H3,(H,28,29)/b17-16+. The van der Waals surface area contributed by atoms with Gasteiger partial charge in [-0.15, -0.1) is 0 Å². The van der Waals surface area contributed by atoms with Crippen LogP contribution in [0.3, 0.4) is 0 Å². The highest BCUT2D eigenvalue weighted by molar-refractivity contribution is 7.80. The molecule has 0 spiro atoms. The molecule has 1 N–H and O–H groups in total. The third-order valence-electron chi connectivity index (χ3n) is 4.14. The molecule has 0 heterocycles. The first-order chi connectivity index (χ1) is 15.7. The zero-order valence-corrected chi connectivity index (χ0v) is 19.3. The van der Waals surface area contributed by atoms with E-state index in [2.05, 4.69) is 0 Å². The lowest BCUT2D eigenvalue weighted by Gasteiger charge is -2.21. The summed E-state index contributed by atoms with van der Waals surface area (Å²) in [5.74, 6) is 0.133. The minimum Gasteiger partial charge on any atom is -0.457 e. The molecule has 3 aromatic carbocycles. The molecule has 0 aromatic heterocycles. The molecule has 1 atom stereocenters. The molecule has 3 rings (SSSR count). The van der Waals surface area contributed by atoms with Gasteiger partial charge < -0.3 is 4.74 Å². The third-order valence-corrected chi connectivity index (χ3v) is 4.80. The lowest BCUT2D eigenvalue weighted by atomic mass is 10.1. The van der Waals surface area contributed by atoms with Crippen molar-refractivity contribution in [2.24, 2.45) is 0 Å². The smallest absolute Gasteiger partial charge is 0.375 e. The fraction of sp³-hybridized carbons (Fsp3) is 0.160. The molecule has 0 saturated carbocycles. The van der Waals surface area contributed by atoms with Crippen molar-refractivity contribution >= 4 is 29.0 Å². The minimum absolute atomic E-state index is 0.0276. The Morgan fingerprint density at radius 3 is 2.18 bits per heavy atom. The van der Waals surface area contributed by atoms with Crippen molar-refractivity contribution in [1.29, 1.82) is 0 Å². The fourth-order valence-corrected chi connectivity index (χ4v) is 3.18. The predicted molar refractivity (Wildman–Crippen MR) is 128 cm³/mol. The Bertz CT molecular complexity index is 1130. The molecular weight excluding hydrogens is 442 g/mol. The van der Waals surface area contributed by atoms with E-state index in [-0.39, 0.29) is 11.3 Å². The van der Waals surface area contributed by atoms with Crippen molar-refractivity contribution in [3.05, 3.63) is 96.2 Å². The summed E-state index contributed by atoms with van der Waals surface area (Å²) in [5, 5.41) is 0. The van der Waals surface area contributed by atoms with Crippen molar-refractivity contribution < 1.29 is 28.1 Å². The monoisotopic (exact) mass is 467 g/mol. The zero-order chi connectivity index (χ0) is 23.8. The zero-order valence-electron chi connectivity index (χ0n) is 18.5. The highest BCUT2D eigenvalue weighted by Gasteiger charge is 2.24. The van der Waals surface area contributed by atoms with Crippen LogP contribution >= 0.6 is 0 Å². The fourth-order valence-electron chi connectivity index (χ4n) is 2.70. The molecule has 0 radical (unpaired) electrons. The third kappa shape index (κ3) is 7.28. The number of anilines is 1. The van der Waals surface area contributed by atoms with E-state index in [1.807, 2.05) is 48.5 Å². The molecule has 172 valence electrons. The molecular formula is C25H25NO6S. The topological polar surface area (TPSA) is 85.3 Å². The first kappa shape index (κ1) is 24.2. The second-order valence-electron chi connectivity index (χ2n) is 7.94. The van der Waals surface area contributed by atoms with Gasteiger partial charge in [0.05, 0.1) is 11.3 Å². The average molecular weight is 468 g/mol. The van der Waals surface area contributed by atoms with Gasteiger partial charge in [-0.3, -0.25) is 9.44 Å². The second kappa shape index (κ2) is 10.9. The van der Waals surface area contributed by atoms with Crippen LogP contribution in [0.2, 0.25) is 0 Å². The SMILES string of the molecule is CC(C)(C)OOC(=O)c1ccc(Oc2ccccc2)cc1N(/C=C/c1ccccc1)S(=O)O. The number of hydrogen-bond acceptors (Lipinski definition) is 5. The van der Waals surface area contributed by atoms with Crippen LogP contribution in [-0.2, 0) is 21.0 Å². The van der Waals surface area contributed by atoms with Crippen LogP contribution in [0.4, 0.5) is 5.69 Å². The van der Waals surface area contributed by atoms with Crippen LogP contribution < -0.4 is 9.04 Å². The maximum Gasteiger partial charge on any atom is 0.375 e. The Morgan fingerprint density at radius 2 is 1.58 bits per heavy atom. The molecule has 1 unspecified atom stereocenters. The second-order valence-corrected chi connectivity index (χ2v) is 8.80. The van der Waals surface area contributed by atoms with Gasteiger partial charge >= 0.3 is 5.97 Å². The average Bonchev–Trinajstić information content (AvgIpc) is 2.78. The van der Waals surface area contributed by atoms with Crippen molar-refractivity contribution in [2.75, 3.05) is 4.31 Å². The molecule has 33 heavy (non-hydrogen) atoms. The number of carbonyl (C=O) groups excluding carboxylic acids is 1. The summed E-state index contributed by atoms with van der Waals surface area (Å²) in [6, 6.07) is 22.8. The summed E-state index contributed by atoms with van der Waals surface area (Å²) in [4.78, 5) is 22.9. The van der Waals surface area contributed by atoms with Gasteiger partial charge in [0.15, 0.2) is 0 Å². The summed E-state index contributed by atoms with van der Waals surface area (Å²) in [6.07, 6.45) is 3.06. The van der Waals surface area contributed by atoms with E-state index in [1.54, 1.807) is 45.0 Å². The van der Waals surface area contributed by atoms with Gasteiger partial charge in [0.25, 0.3) is 11.3 Å². The largest absolute Gasteiger partial charge is 0.457 e. The van der Waals surface area contributed by atoms with Crippen LogP contribution in [0.5, 0.6) is 11.5 Å². The van der Waals surface area contributed by atoms with Crippen LogP contribution in [-0.4, -0.2) is 20.3 Å². The number of rotatable bonds is 8. The Labute approximate surface area is 195 Å². The lowest BCUT2D eigenvalue weighted by Crippen LogP contribution is -2.24. The normalized spacial score (nSPS) is 12.4. The van der Waals surface area contributed by atoms with E-state index in [0.29, 0.717) is 11.5 Å². The molecule has 0 aliphatic heterocycles. The maximum absolute atomic E-state index is 12.8. The summed E-state index contributed by atoms with van der Waals surface area (Å²) in [5.41, 5.74) is 0.224. The Hall–Kier alpha value is -3.46. The maximum atomic E-state index is 12.8. The van der Waals surface area contributed by atoms with Crippen LogP contribution in [0.15, 0.2) is 85.1 Å². The van der Waals surface area contributed by atoms with Crippen molar-refractivity contribution in [1.82, 2.24) is 0 Å². The Kier molecular flexibility index (Phi) is 8.00. The number of benzene rings is 3. The van der Waals surface area contributed by atoms with E-state index in [4.69, 9.17) is 14.5 Å². The van der Waals surface area contributed by atoms with Crippen LogP contribution in [0.1, 0.15) is 36.7 Å². The van der Waals surface area contributed by atoms with Crippen molar-refractivity contribution in [3.63, 3.8) is 0 Å². The molecule has 0 aliphatic rings. The highest BCUT2D eigenvalue weighted by Crippen LogP contribution is 2.31. The molecule has 0 saturated heterocycles. The summed E-state index contributed by atoms with van der Waals surface area (Å²) in [7, 11) is 0. The summed E-state index contributed by atoms with van der Waals surface area (Å²) < 4.78 is 29.1. The van der Waals surface area contributed by atoms with E-state index in [1.165, 1.54) is 18.3 Å². The van der Waals surface area contributed by atoms with Gasteiger partial charge in [0, 0.05) is 12.3 Å². The molecule has 7 nitrogen and oxygen atoms in total. The molecule has 8 heteroatoms. The van der Waals surface area contributed by atoms with Gasteiger partial charge in [-0.25, -0.2) is 13.3 Å². The van der Waals surface area contributed by atoms with Crippen molar-refractivity contribution in [2.45, 2.75) is 26.4 Å². The number of carbonyl (C=O) groups is 1. The predicted octanol–water partition coefficient (Wildman–Crippen LogP) is 5.98. The van der Waals surface area contributed by atoms with Gasteiger partial charge in [-0.1, -0.05) is 48.5 Å². The number of nitrogens with zero attached hydrogens (tertiary/aromatic N) is 1. The van der Waals surface area contributed by atoms with Gasteiger partial charge in [0.2, 0.25) is 0 Å². The Morgan fingerprint density at radius 1 is 0.939 bits per heavy atom. The highest BCUT2D eigenvalue weighted by atomic mass is 32.2. The number of ether oxygens (including phenoxy) is 1. The summed E-state index contributed by atoms with van der Waals surface area (Å²) in [6.45, 7) is 5.20. The quantitative estimate of drug-likeness (QED) is 0.249. The lowest BCUT2D eigenvalue weighted by molar-refractivity contribution is -0.301. The molecule has 0 aliphatic carbocycles. The molecule has 0 bridgehead atoms. The summed E-state index contributed by atoms with van der Waals surface area (Å²) >= 11 is -2.49. The van der Waals surface area contributed by atoms with E-state index >= 15 is 0 Å². The number of para-hydroxylation sites is 1. The van der Waals surface area contributed by atoms with Crippen LogP contribution in [0.25, 0.3) is 6.08 Å². The van der Waals surface area contributed by atoms with Gasteiger partial charge in [0.1, 0.15) is 17.1 Å². The molecule has 0 fully saturated rings. The first-order valence-electron chi connectivity index (χ1n) is 10.1. The van der Waals surface area contributed by atoms with Crippen LogP contribution in [0, 0.1) is 0 Å². The Balaban J connectivity index is 2.00. The van der Waals surface area contributed by atoms with E-state index in [0.717, 1.165) is 9.87 Å². The van der Waals surface area contributed by atoms with Gasteiger partial charge in [-0.05, 0) is 56.7 Å². The van der Waals surface area contributed by atoms with Gasteiger partial charge in [-0.2, -0.15) is 4.89 Å². The minimum atomic E-state index is -2.49. The van der Waals surface area contributed by atoms with E-state index in [9.17, 15) is 13.6 Å². The molecule has 3 aromatic rings. The first-order valence-corrected chi connectivity index (χ1v) is 11.2. The number of hydrogen-bond donors (Lipinski definition) is 1. The van der Waals surface area contributed by atoms with E-state index < -0.39 is 22.8 Å². The van der Waals surface area contributed by atoms with Crippen molar-refractivity contribution in [3.8, 4) is 11.5 Å². The molecule has 0 amide bonds.